The van der Waals surface area contributed by atoms with Gasteiger partial charge in [-0.1, -0.05) is 42.5 Å². The van der Waals surface area contributed by atoms with E-state index in [2.05, 4.69) is 65.0 Å². The molecule has 6 nitrogen and oxygen atoms in total. The minimum Gasteiger partial charge on any atom is -0.357 e. The maximum absolute atomic E-state index is 12.1. The molecule has 0 radical (unpaired) electrons. The van der Waals surface area contributed by atoms with Gasteiger partial charge >= 0.3 is 0 Å². The van der Waals surface area contributed by atoms with Crippen LogP contribution in [0.15, 0.2) is 59.6 Å². The van der Waals surface area contributed by atoms with Crippen molar-refractivity contribution < 1.29 is 4.79 Å². The van der Waals surface area contributed by atoms with Gasteiger partial charge in [-0.25, -0.2) is 4.99 Å². The number of hydrogen-bond acceptors (Lipinski definition) is 3. The molecule has 0 aliphatic carbocycles. The molecule has 0 bridgehead atoms. The Morgan fingerprint density at radius 3 is 2.47 bits per heavy atom. The van der Waals surface area contributed by atoms with Gasteiger partial charge in [0.2, 0.25) is 0 Å². The maximum atomic E-state index is 12.1. The fourth-order valence-corrected chi connectivity index (χ4v) is 4.00. The number of rotatable bonds is 8. The molecule has 2 aromatic rings. The van der Waals surface area contributed by atoms with E-state index in [9.17, 15) is 4.79 Å². The average molecular weight is 550 g/mol. The molecule has 0 spiro atoms. The first-order valence-electron chi connectivity index (χ1n) is 11.3. The number of likely N-dealkylation sites (tertiary alicyclic amines) is 1. The largest absolute Gasteiger partial charge is 0.357 e. The Bertz CT molecular complexity index is 874. The second kappa shape index (κ2) is 13.4. The van der Waals surface area contributed by atoms with Crippen molar-refractivity contribution >= 4 is 35.8 Å². The maximum Gasteiger partial charge on any atom is 0.251 e. The molecule has 1 heterocycles. The zero-order valence-electron chi connectivity index (χ0n) is 19.3. The summed E-state index contributed by atoms with van der Waals surface area (Å²) < 4.78 is 0. The van der Waals surface area contributed by atoms with Crippen molar-refractivity contribution in [3.8, 4) is 0 Å². The van der Waals surface area contributed by atoms with E-state index in [-0.39, 0.29) is 29.9 Å². The third-order valence-electron chi connectivity index (χ3n) is 5.56. The van der Waals surface area contributed by atoms with E-state index in [1.807, 2.05) is 31.2 Å². The standard InChI is InChI=1S/C25H35N5O.HI/c1-4-26-24(31)22-13-9-12-21(15-22)16-28-25(27-5-2)29-23-14-19(3)30(18-23)17-20-10-7-6-8-11-20;/h6-13,15,19,23H,4-5,14,16-18H2,1-3H3,(H,26,31)(H2,27,28,29);1H. The zero-order chi connectivity index (χ0) is 22.1. The fourth-order valence-electron chi connectivity index (χ4n) is 4.00. The second-order valence-corrected chi connectivity index (χ2v) is 8.10. The van der Waals surface area contributed by atoms with Crippen molar-refractivity contribution in [3.63, 3.8) is 0 Å². The summed E-state index contributed by atoms with van der Waals surface area (Å²) in [5.74, 6) is 0.779. The van der Waals surface area contributed by atoms with E-state index >= 15 is 0 Å². The first-order valence-corrected chi connectivity index (χ1v) is 11.3. The topological polar surface area (TPSA) is 68.8 Å². The Balaban J connectivity index is 0.00000363. The normalized spacial score (nSPS) is 18.7. The van der Waals surface area contributed by atoms with Gasteiger partial charge in [0.1, 0.15) is 0 Å². The molecule has 2 atom stereocenters. The molecule has 174 valence electrons. The van der Waals surface area contributed by atoms with Crippen molar-refractivity contribution in [1.82, 2.24) is 20.9 Å². The number of carbonyl (C=O) groups excluding carboxylic acids is 1. The Kier molecular flexibility index (Phi) is 11.0. The third kappa shape index (κ3) is 7.78. The molecule has 0 aromatic heterocycles. The number of nitrogens with zero attached hydrogens (tertiary/aromatic N) is 2. The van der Waals surface area contributed by atoms with Crippen LogP contribution in [0.2, 0.25) is 0 Å². The highest BCUT2D eigenvalue weighted by molar-refractivity contribution is 14.0. The Morgan fingerprint density at radius 1 is 1.03 bits per heavy atom. The summed E-state index contributed by atoms with van der Waals surface area (Å²) in [7, 11) is 0. The summed E-state index contributed by atoms with van der Waals surface area (Å²) in [4.78, 5) is 19.4. The number of aliphatic imine (C=N–C) groups is 1. The number of hydrogen-bond donors (Lipinski definition) is 3. The molecule has 1 aliphatic heterocycles. The summed E-state index contributed by atoms with van der Waals surface area (Å²) in [6, 6.07) is 19.2. The van der Waals surface area contributed by atoms with Crippen LogP contribution in [0.25, 0.3) is 0 Å². The van der Waals surface area contributed by atoms with Gasteiger partial charge in [0.25, 0.3) is 5.91 Å². The van der Waals surface area contributed by atoms with Crippen LogP contribution in [0.5, 0.6) is 0 Å². The van der Waals surface area contributed by atoms with Crippen LogP contribution in [-0.2, 0) is 13.1 Å². The van der Waals surface area contributed by atoms with Crippen LogP contribution in [0, 0.1) is 0 Å². The molecule has 0 saturated carbocycles. The van der Waals surface area contributed by atoms with Crippen LogP contribution < -0.4 is 16.0 Å². The Morgan fingerprint density at radius 2 is 1.75 bits per heavy atom. The molecule has 1 aliphatic rings. The molecule has 1 saturated heterocycles. The van der Waals surface area contributed by atoms with E-state index in [1.165, 1.54) is 5.56 Å². The smallest absolute Gasteiger partial charge is 0.251 e. The predicted molar refractivity (Wildman–Crippen MR) is 143 cm³/mol. The van der Waals surface area contributed by atoms with E-state index in [1.54, 1.807) is 0 Å². The van der Waals surface area contributed by atoms with E-state index in [0.717, 1.165) is 37.6 Å². The molecule has 3 N–H and O–H groups in total. The van der Waals surface area contributed by atoms with Crippen molar-refractivity contribution in [1.29, 1.82) is 0 Å². The number of halogens is 1. The summed E-state index contributed by atoms with van der Waals surface area (Å²) in [5.41, 5.74) is 3.04. The summed E-state index contributed by atoms with van der Waals surface area (Å²) in [6.45, 7) is 10.2. The quantitative estimate of drug-likeness (QED) is 0.267. The summed E-state index contributed by atoms with van der Waals surface area (Å²) >= 11 is 0. The molecule has 32 heavy (non-hydrogen) atoms. The minimum absolute atomic E-state index is 0. The van der Waals surface area contributed by atoms with Gasteiger partial charge in [-0.2, -0.15) is 0 Å². The zero-order valence-corrected chi connectivity index (χ0v) is 21.6. The summed E-state index contributed by atoms with van der Waals surface area (Å²) in [6.07, 6.45) is 1.09. The Hall–Kier alpha value is -2.13. The van der Waals surface area contributed by atoms with E-state index in [0.29, 0.717) is 30.7 Å². The van der Waals surface area contributed by atoms with Crippen LogP contribution in [-0.4, -0.2) is 48.5 Å². The highest BCUT2D eigenvalue weighted by Crippen LogP contribution is 2.20. The lowest BCUT2D eigenvalue weighted by atomic mass is 10.1. The van der Waals surface area contributed by atoms with Gasteiger partial charge in [0, 0.05) is 43.8 Å². The van der Waals surface area contributed by atoms with Crippen molar-refractivity contribution in [2.45, 2.75) is 52.4 Å². The van der Waals surface area contributed by atoms with Crippen LogP contribution in [0.3, 0.4) is 0 Å². The SMILES string of the molecule is CCNC(=O)c1cccc(CN=C(NCC)NC2CC(C)N(Cc3ccccc3)C2)c1.I. The van der Waals surface area contributed by atoms with Gasteiger partial charge in [-0.3, -0.25) is 9.69 Å². The minimum atomic E-state index is -0.0446. The van der Waals surface area contributed by atoms with E-state index < -0.39 is 0 Å². The van der Waals surface area contributed by atoms with Gasteiger partial charge in [-0.15, -0.1) is 24.0 Å². The monoisotopic (exact) mass is 549 g/mol. The van der Waals surface area contributed by atoms with E-state index in [4.69, 9.17) is 4.99 Å². The number of amides is 1. The molecule has 1 amide bonds. The molecule has 1 fully saturated rings. The molecule has 2 aromatic carbocycles. The van der Waals surface area contributed by atoms with Gasteiger partial charge in [-0.05, 0) is 50.5 Å². The first kappa shape index (κ1) is 26.1. The number of carbonyl (C=O) groups is 1. The third-order valence-corrected chi connectivity index (χ3v) is 5.56. The summed E-state index contributed by atoms with van der Waals surface area (Å²) in [5, 5.41) is 9.81. The number of guanidine groups is 1. The lowest BCUT2D eigenvalue weighted by Crippen LogP contribution is -2.44. The molecule has 2 unspecified atom stereocenters. The Labute approximate surface area is 209 Å². The first-order chi connectivity index (χ1) is 15.1. The lowest BCUT2D eigenvalue weighted by molar-refractivity contribution is 0.0955. The fraction of sp³-hybridized carbons (Fsp3) is 0.440. The number of benzene rings is 2. The van der Waals surface area contributed by atoms with Crippen molar-refractivity contribution in [2.24, 2.45) is 4.99 Å². The molecule has 3 rings (SSSR count). The number of nitrogens with one attached hydrogen (secondary N) is 3. The second-order valence-electron chi connectivity index (χ2n) is 8.10. The van der Waals surface area contributed by atoms with Crippen molar-refractivity contribution in [2.75, 3.05) is 19.6 Å². The van der Waals surface area contributed by atoms with Gasteiger partial charge in [0.15, 0.2) is 5.96 Å². The highest BCUT2D eigenvalue weighted by atomic mass is 127. The van der Waals surface area contributed by atoms with Crippen LogP contribution in [0.1, 0.15) is 48.7 Å². The predicted octanol–water partition coefficient (Wildman–Crippen LogP) is 3.77. The highest BCUT2D eigenvalue weighted by Gasteiger charge is 2.29. The lowest BCUT2D eigenvalue weighted by Gasteiger charge is -2.21. The molecular formula is C25H36IN5O. The average Bonchev–Trinajstić information content (AvgIpc) is 3.12. The molecule has 7 heteroatoms. The van der Waals surface area contributed by atoms with Gasteiger partial charge in [0.05, 0.1) is 6.54 Å². The molecular weight excluding hydrogens is 513 g/mol. The van der Waals surface area contributed by atoms with Crippen LogP contribution >= 0.6 is 24.0 Å². The van der Waals surface area contributed by atoms with Crippen molar-refractivity contribution in [3.05, 3.63) is 71.3 Å². The van der Waals surface area contributed by atoms with Gasteiger partial charge < -0.3 is 16.0 Å². The van der Waals surface area contributed by atoms with Crippen LogP contribution in [0.4, 0.5) is 0 Å².